The van der Waals surface area contributed by atoms with Gasteiger partial charge in [0, 0.05) is 5.02 Å². The Hall–Kier alpha value is -1.67. The number of nitrogens with one attached hydrogen (secondary N) is 1. The predicted molar refractivity (Wildman–Crippen MR) is 64.6 cm³/mol. The molecule has 74 valence electrons. The van der Waals surface area contributed by atoms with Crippen LogP contribution in [0.1, 0.15) is 0 Å². The Labute approximate surface area is 93.1 Å². The van der Waals surface area contributed by atoms with Crippen molar-refractivity contribution in [3.05, 3.63) is 53.6 Å². The van der Waals surface area contributed by atoms with Gasteiger partial charge in [0.25, 0.3) is 0 Å². The highest BCUT2D eigenvalue weighted by Crippen LogP contribution is 2.17. The van der Waals surface area contributed by atoms with Crippen molar-refractivity contribution in [2.75, 3.05) is 0 Å². The van der Waals surface area contributed by atoms with E-state index in [9.17, 15) is 0 Å². The molecule has 1 aromatic carbocycles. The number of rotatable bonds is 1. The topological polar surface area (TPSA) is 36.2 Å². The molecule has 0 spiro atoms. The summed E-state index contributed by atoms with van der Waals surface area (Å²) in [4.78, 5) is 4.34. The van der Waals surface area contributed by atoms with Crippen molar-refractivity contribution in [2.24, 2.45) is 4.99 Å². The summed E-state index contributed by atoms with van der Waals surface area (Å²) < 4.78 is 0. The average Bonchev–Trinajstić information content (AvgIpc) is 2.25. The largest absolute Gasteiger partial charge is 0.299 e. The fourth-order valence-corrected chi connectivity index (χ4v) is 1.35. The van der Waals surface area contributed by atoms with Crippen LogP contribution < -0.4 is 0 Å². The Bertz CT molecular complexity index is 467. The van der Waals surface area contributed by atoms with E-state index in [4.69, 9.17) is 17.0 Å². The van der Waals surface area contributed by atoms with Crippen LogP contribution in [0.3, 0.4) is 0 Å². The van der Waals surface area contributed by atoms with Crippen LogP contribution in [0.25, 0.3) is 0 Å². The van der Waals surface area contributed by atoms with Crippen molar-refractivity contribution in [1.82, 2.24) is 0 Å². The van der Waals surface area contributed by atoms with Crippen molar-refractivity contribution >= 4 is 28.7 Å². The molecule has 0 atom stereocenters. The maximum atomic E-state index is 7.64. The molecule has 0 saturated carbocycles. The first-order valence-corrected chi connectivity index (χ1v) is 4.91. The zero-order chi connectivity index (χ0) is 10.7. The third kappa shape index (κ3) is 2.42. The molecule has 0 aromatic heterocycles. The molecule has 1 N–H and O–H groups in total. The zero-order valence-electron chi connectivity index (χ0n) is 7.94. The molecule has 1 aliphatic carbocycles. The van der Waals surface area contributed by atoms with Crippen molar-refractivity contribution < 1.29 is 0 Å². The van der Waals surface area contributed by atoms with Crippen LogP contribution in [-0.4, -0.2) is 11.4 Å². The number of aliphatic imine (C=N–C) groups is 1. The summed E-state index contributed by atoms with van der Waals surface area (Å²) in [6, 6.07) is 7.23. The second kappa shape index (κ2) is 4.24. The standard InChI is InChI=1S/C12H9ClN2/c13-9-5-7-10(8-6-9)15-12-4-2-1-3-11(12)14/h1-8,14H. The van der Waals surface area contributed by atoms with Gasteiger partial charge in [0.2, 0.25) is 0 Å². The molecule has 0 unspecified atom stereocenters. The molecule has 1 aromatic rings. The van der Waals surface area contributed by atoms with Crippen LogP contribution >= 0.6 is 11.6 Å². The van der Waals surface area contributed by atoms with E-state index >= 15 is 0 Å². The third-order valence-electron chi connectivity index (χ3n) is 1.98. The highest BCUT2D eigenvalue weighted by molar-refractivity contribution is 6.50. The van der Waals surface area contributed by atoms with Gasteiger partial charge in [-0.2, -0.15) is 0 Å². The summed E-state index contributed by atoms with van der Waals surface area (Å²) in [6.45, 7) is 0. The van der Waals surface area contributed by atoms with Crippen LogP contribution in [0, 0.1) is 5.41 Å². The highest BCUT2D eigenvalue weighted by atomic mass is 35.5. The highest BCUT2D eigenvalue weighted by Gasteiger charge is 2.02. The maximum absolute atomic E-state index is 7.64. The van der Waals surface area contributed by atoms with Crippen molar-refractivity contribution in [3.63, 3.8) is 0 Å². The van der Waals surface area contributed by atoms with E-state index in [1.54, 1.807) is 18.2 Å². The summed E-state index contributed by atoms with van der Waals surface area (Å²) in [5.41, 5.74) is 1.89. The minimum atomic E-state index is 0.424. The Balaban J connectivity index is 2.30. The molecule has 0 bridgehead atoms. The number of hydrogen-bond donors (Lipinski definition) is 1. The summed E-state index contributed by atoms with van der Waals surface area (Å²) in [5, 5.41) is 8.33. The van der Waals surface area contributed by atoms with E-state index in [-0.39, 0.29) is 0 Å². The predicted octanol–water partition coefficient (Wildman–Crippen LogP) is 3.56. The number of nitrogens with zero attached hydrogens (tertiary/aromatic N) is 1. The Morgan fingerprint density at radius 2 is 1.67 bits per heavy atom. The van der Waals surface area contributed by atoms with Crippen LogP contribution in [-0.2, 0) is 0 Å². The molecule has 0 saturated heterocycles. The van der Waals surface area contributed by atoms with E-state index in [1.165, 1.54) is 0 Å². The summed E-state index contributed by atoms with van der Waals surface area (Å²) in [7, 11) is 0. The van der Waals surface area contributed by atoms with Gasteiger partial charge in [-0.3, -0.25) is 5.41 Å². The lowest BCUT2D eigenvalue weighted by molar-refractivity contribution is 1.49. The van der Waals surface area contributed by atoms with Crippen LogP contribution in [0.5, 0.6) is 0 Å². The fourth-order valence-electron chi connectivity index (χ4n) is 1.23. The molecular formula is C12H9ClN2. The Kier molecular flexibility index (Phi) is 2.79. The lowest BCUT2D eigenvalue weighted by atomic mass is 10.1. The molecule has 0 heterocycles. The fraction of sp³-hybridized carbons (Fsp3) is 0. The normalized spacial score (nSPS) is 17.4. The van der Waals surface area contributed by atoms with Crippen molar-refractivity contribution in [2.45, 2.75) is 0 Å². The maximum Gasteiger partial charge on any atom is 0.0886 e. The molecule has 0 radical (unpaired) electrons. The van der Waals surface area contributed by atoms with E-state index in [2.05, 4.69) is 4.99 Å². The minimum absolute atomic E-state index is 0.424. The molecule has 2 nitrogen and oxygen atoms in total. The lowest BCUT2D eigenvalue weighted by Crippen LogP contribution is -2.08. The molecule has 3 heteroatoms. The summed E-state index contributed by atoms with van der Waals surface area (Å²) >= 11 is 5.77. The van der Waals surface area contributed by atoms with Gasteiger partial charge in [-0.05, 0) is 36.4 Å². The average molecular weight is 217 g/mol. The van der Waals surface area contributed by atoms with Crippen LogP contribution in [0.4, 0.5) is 5.69 Å². The van der Waals surface area contributed by atoms with E-state index in [0.29, 0.717) is 16.4 Å². The monoisotopic (exact) mass is 216 g/mol. The van der Waals surface area contributed by atoms with E-state index < -0.39 is 0 Å². The summed E-state index contributed by atoms with van der Waals surface area (Å²) in [6.07, 6.45) is 7.22. The second-order valence-corrected chi connectivity index (χ2v) is 3.54. The quantitative estimate of drug-likeness (QED) is 0.697. The van der Waals surface area contributed by atoms with E-state index in [1.807, 2.05) is 30.4 Å². The number of hydrogen-bond acceptors (Lipinski definition) is 2. The second-order valence-electron chi connectivity index (χ2n) is 3.11. The molecule has 2 rings (SSSR count). The van der Waals surface area contributed by atoms with Gasteiger partial charge in [0.15, 0.2) is 0 Å². The van der Waals surface area contributed by atoms with Crippen LogP contribution in [0.15, 0.2) is 53.6 Å². The number of benzene rings is 1. The molecular weight excluding hydrogens is 208 g/mol. The van der Waals surface area contributed by atoms with Gasteiger partial charge < -0.3 is 0 Å². The Morgan fingerprint density at radius 1 is 1.00 bits per heavy atom. The Morgan fingerprint density at radius 3 is 2.33 bits per heavy atom. The SMILES string of the molecule is N=C1C=CC=CC1=Nc1ccc(Cl)cc1. The van der Waals surface area contributed by atoms with Gasteiger partial charge in [-0.1, -0.05) is 23.8 Å². The van der Waals surface area contributed by atoms with Crippen molar-refractivity contribution in [1.29, 1.82) is 5.41 Å². The lowest BCUT2D eigenvalue weighted by Gasteiger charge is -2.02. The molecule has 0 fully saturated rings. The number of halogens is 1. The zero-order valence-corrected chi connectivity index (χ0v) is 8.70. The smallest absolute Gasteiger partial charge is 0.0886 e. The molecule has 0 amide bonds. The molecule has 1 aliphatic rings. The first kappa shape index (κ1) is 9.87. The van der Waals surface area contributed by atoms with Crippen molar-refractivity contribution in [3.8, 4) is 0 Å². The minimum Gasteiger partial charge on any atom is -0.299 e. The first-order valence-electron chi connectivity index (χ1n) is 4.53. The van der Waals surface area contributed by atoms with Gasteiger partial charge in [0.1, 0.15) is 0 Å². The van der Waals surface area contributed by atoms with E-state index in [0.717, 1.165) is 5.69 Å². The van der Waals surface area contributed by atoms with Crippen LogP contribution in [0.2, 0.25) is 5.02 Å². The van der Waals surface area contributed by atoms with Gasteiger partial charge >= 0.3 is 0 Å². The molecule has 0 aliphatic heterocycles. The van der Waals surface area contributed by atoms with Gasteiger partial charge in [-0.15, -0.1) is 0 Å². The first-order chi connectivity index (χ1) is 7.25. The number of allylic oxidation sites excluding steroid dienone is 4. The summed E-state index contributed by atoms with van der Waals surface area (Å²) in [5.74, 6) is 0. The van der Waals surface area contributed by atoms with Gasteiger partial charge in [-0.25, -0.2) is 4.99 Å². The molecule has 15 heavy (non-hydrogen) atoms. The third-order valence-corrected chi connectivity index (χ3v) is 2.23. The van der Waals surface area contributed by atoms with Gasteiger partial charge in [0.05, 0.1) is 17.1 Å².